The van der Waals surface area contributed by atoms with Gasteiger partial charge in [-0.3, -0.25) is 0 Å². The van der Waals surface area contributed by atoms with Crippen LogP contribution in [0, 0.1) is 26.6 Å². The van der Waals surface area contributed by atoms with E-state index in [4.69, 9.17) is 38.0 Å². The molecule has 0 aliphatic heterocycles. The van der Waals surface area contributed by atoms with Gasteiger partial charge in [-0.05, 0) is 28.2 Å². The molecule has 0 atom stereocenters. The molecule has 0 aliphatic carbocycles. The maximum atomic E-state index is 7.50. The molecule has 10 heteroatoms. The SMILES string of the molecule is CN(C)CCN(C)C.[C-]#[O+].[C-]#[O+].[C-]#[O+].[C-]#[O+].[Cl][Rh-][Cl].[Rh]. The van der Waals surface area contributed by atoms with Gasteiger partial charge in [0, 0.05) is 32.6 Å². The Labute approximate surface area is 149 Å². The van der Waals surface area contributed by atoms with E-state index in [2.05, 4.69) is 64.6 Å². The number of nitrogens with zero attached hydrogens (tertiary/aromatic N) is 2. The first-order valence-corrected chi connectivity index (χ1v) is 8.21. The van der Waals surface area contributed by atoms with Crippen LogP contribution in [0.1, 0.15) is 0 Å². The van der Waals surface area contributed by atoms with E-state index in [1.54, 1.807) is 0 Å². The van der Waals surface area contributed by atoms with Crippen molar-refractivity contribution in [3.8, 4) is 0 Å². The van der Waals surface area contributed by atoms with Crippen molar-refractivity contribution in [1.82, 2.24) is 9.80 Å². The first-order valence-electron chi connectivity index (χ1n) is 3.99. The van der Waals surface area contributed by atoms with Crippen LogP contribution in [0.3, 0.4) is 0 Å². The molecule has 0 rings (SSSR count). The zero-order valence-corrected chi connectivity index (χ0v) is 16.2. The number of halogens is 2. The molecule has 1 radical (unpaired) electrons. The van der Waals surface area contributed by atoms with Crippen LogP contribution < -0.4 is 0 Å². The molecule has 0 aliphatic rings. The molecule has 0 N–H and O–H groups in total. The van der Waals surface area contributed by atoms with Crippen LogP contribution in [0.5, 0.6) is 0 Å². The fraction of sp³-hybridized carbons (Fsp3) is 0.600. The summed E-state index contributed by atoms with van der Waals surface area (Å²) in [4.78, 5) is 4.36. The van der Waals surface area contributed by atoms with E-state index in [0.29, 0.717) is 0 Å². The molecular weight excluding hydrogens is 489 g/mol. The van der Waals surface area contributed by atoms with Crippen LogP contribution in [-0.4, -0.2) is 51.1 Å². The molecule has 0 bridgehead atoms. The molecule has 20 heavy (non-hydrogen) atoms. The molecule has 123 valence electrons. The maximum absolute atomic E-state index is 7.50. The summed E-state index contributed by atoms with van der Waals surface area (Å²) in [6.45, 7) is 20.3. The average molecular weight is 505 g/mol. The van der Waals surface area contributed by atoms with Crippen LogP contribution in [0.2, 0.25) is 0 Å². The van der Waals surface area contributed by atoms with Gasteiger partial charge in [-0.25, -0.2) is 0 Å². The quantitative estimate of drug-likeness (QED) is 0.330. The van der Waals surface area contributed by atoms with Gasteiger partial charge in [0.05, 0.1) is 0 Å². The van der Waals surface area contributed by atoms with Gasteiger partial charge in [0.25, 0.3) is 0 Å². The Hall–Kier alpha value is 0.707. The van der Waals surface area contributed by atoms with Crippen molar-refractivity contribution in [2.24, 2.45) is 0 Å². The van der Waals surface area contributed by atoms with Gasteiger partial charge < -0.3 is 9.80 Å². The molecule has 0 fully saturated rings. The maximum Gasteiger partial charge on any atom is 0 e. The van der Waals surface area contributed by atoms with E-state index >= 15 is 0 Å². The van der Waals surface area contributed by atoms with Crippen LogP contribution in [-0.2, 0) is 53.2 Å². The molecule has 6 nitrogen and oxygen atoms in total. The van der Waals surface area contributed by atoms with Crippen molar-refractivity contribution in [3.63, 3.8) is 0 Å². The van der Waals surface area contributed by atoms with Crippen LogP contribution >= 0.6 is 19.4 Å². The zero-order valence-electron chi connectivity index (χ0n) is 11.4. The Balaban J connectivity index is -0.0000000240. The molecule has 0 amide bonds. The molecular formula is C10H16Cl2N2O4Rh2-. The second kappa shape index (κ2) is 73.2. The monoisotopic (exact) mass is 504 g/mol. The van der Waals surface area contributed by atoms with Gasteiger partial charge in [-0.15, -0.1) is 0 Å². The van der Waals surface area contributed by atoms with Gasteiger partial charge in [-0.2, -0.15) is 0 Å². The molecule has 0 saturated heterocycles. The number of rotatable bonds is 3. The topological polar surface area (TPSA) is 86.1 Å². The van der Waals surface area contributed by atoms with Crippen molar-refractivity contribution in [2.75, 3.05) is 41.3 Å². The number of likely N-dealkylation sites (N-methyl/N-ethyl adjacent to an activating group) is 2. The molecule has 0 heterocycles. The van der Waals surface area contributed by atoms with Crippen molar-refractivity contribution >= 4 is 19.4 Å². The summed E-state index contributed by atoms with van der Waals surface area (Å²) < 4.78 is 30.0. The first kappa shape index (κ1) is 42.8. The smallest absolute Gasteiger partial charge is 0 e. The summed E-state index contributed by atoms with van der Waals surface area (Å²) in [7, 11) is 18.0. The second-order valence-electron chi connectivity index (χ2n) is 2.65. The van der Waals surface area contributed by atoms with E-state index in [1.165, 1.54) is 0 Å². The summed E-state index contributed by atoms with van der Waals surface area (Å²) in [5, 5.41) is 0. The number of hydrogen-bond acceptors (Lipinski definition) is 2. The molecule has 0 unspecified atom stereocenters. The van der Waals surface area contributed by atoms with Crippen molar-refractivity contribution in [2.45, 2.75) is 0 Å². The van der Waals surface area contributed by atoms with E-state index < -0.39 is 0 Å². The van der Waals surface area contributed by atoms with Crippen molar-refractivity contribution < 1.29 is 53.2 Å². The summed E-state index contributed by atoms with van der Waals surface area (Å²) in [6, 6.07) is 0. The van der Waals surface area contributed by atoms with Crippen LogP contribution in [0.15, 0.2) is 0 Å². The minimum Gasteiger partial charge on any atom is 0 e. The van der Waals surface area contributed by atoms with Crippen molar-refractivity contribution in [1.29, 1.82) is 0 Å². The van der Waals surface area contributed by atoms with Gasteiger partial charge in [0.2, 0.25) is 0 Å². The summed E-state index contributed by atoms with van der Waals surface area (Å²) in [5.41, 5.74) is 0. The summed E-state index contributed by atoms with van der Waals surface area (Å²) in [5.74, 6) is 0. The average Bonchev–Trinajstić information content (AvgIpc) is 2.46. The van der Waals surface area contributed by atoms with E-state index in [0.717, 1.165) is 13.1 Å². The molecule has 0 aromatic rings. The minimum absolute atomic E-state index is 0. The standard InChI is InChI=1S/C6H16N2.4CO.2ClH.2Rh/c1-7(2)5-6-8(3)4;4*1-2;;;;/h5-6H2,1-4H3;;;;;2*1H;;/q;;;;;;;;+1/p-2. The Bertz CT molecular complexity index is 169. The third-order valence-corrected chi connectivity index (χ3v) is 0.994. The third kappa shape index (κ3) is 180. The predicted octanol–water partition coefficient (Wildman–Crippen LogP) is 1.33. The number of hydrogen-bond donors (Lipinski definition) is 0. The zero-order chi connectivity index (χ0) is 17.3. The van der Waals surface area contributed by atoms with Gasteiger partial charge in [0.15, 0.2) is 0 Å². The van der Waals surface area contributed by atoms with Crippen molar-refractivity contribution in [3.05, 3.63) is 26.6 Å². The van der Waals surface area contributed by atoms with Crippen LogP contribution in [0.25, 0.3) is 0 Å². The van der Waals surface area contributed by atoms with E-state index in [1.807, 2.05) is 0 Å². The fourth-order valence-corrected chi connectivity index (χ4v) is 0.400. The van der Waals surface area contributed by atoms with Crippen LogP contribution in [0.4, 0.5) is 0 Å². The Morgan fingerprint density at radius 1 is 0.700 bits per heavy atom. The normalized spacial score (nSPS) is 6.00. The largest absolute Gasteiger partial charge is 0 e. The van der Waals surface area contributed by atoms with Gasteiger partial charge in [-0.1, -0.05) is 0 Å². The molecule has 0 saturated carbocycles. The van der Waals surface area contributed by atoms with E-state index in [9.17, 15) is 0 Å². The fourth-order valence-electron chi connectivity index (χ4n) is 0.400. The Morgan fingerprint density at radius 2 is 0.800 bits per heavy atom. The molecule has 0 aromatic carbocycles. The molecule has 0 spiro atoms. The Kier molecular flexibility index (Phi) is 157. The third-order valence-electron chi connectivity index (χ3n) is 0.994. The van der Waals surface area contributed by atoms with Gasteiger partial charge >= 0.3 is 79.7 Å². The second-order valence-corrected chi connectivity index (χ2v) is 5.14. The summed E-state index contributed by atoms with van der Waals surface area (Å²) >= 11 is -0.226. The van der Waals surface area contributed by atoms with E-state index in [-0.39, 0.29) is 34.6 Å². The minimum atomic E-state index is -0.226. The van der Waals surface area contributed by atoms with Gasteiger partial charge in [0.1, 0.15) is 0 Å². The Morgan fingerprint density at radius 3 is 0.850 bits per heavy atom. The first-order chi connectivity index (χ1) is 9.04. The summed E-state index contributed by atoms with van der Waals surface area (Å²) in [6.07, 6.45) is 0. The molecule has 0 aromatic heterocycles. The predicted molar refractivity (Wildman–Crippen MR) is 64.5 cm³/mol.